The van der Waals surface area contributed by atoms with E-state index in [9.17, 15) is 4.79 Å². The largest absolute Gasteiger partial charge is 0.493 e. The summed E-state index contributed by atoms with van der Waals surface area (Å²) in [6.07, 6.45) is 4.20. The molecule has 0 N–H and O–H groups in total. The average Bonchev–Trinajstić information content (AvgIpc) is 2.95. The Morgan fingerprint density at radius 2 is 2.12 bits per heavy atom. The fraction of sp³-hybridized carbons (Fsp3) is 0.474. The van der Waals surface area contributed by atoms with E-state index in [1.165, 1.54) is 0 Å². The molecule has 0 atom stereocenters. The Morgan fingerprint density at radius 3 is 2.88 bits per heavy atom. The van der Waals surface area contributed by atoms with Crippen molar-refractivity contribution in [3.8, 4) is 5.75 Å². The SMILES string of the molecule is CCOc1ccccc1C(=O)N=c1sc(C)cn1CC1CCOCC1. The summed E-state index contributed by atoms with van der Waals surface area (Å²) in [6.45, 7) is 6.99. The van der Waals surface area contributed by atoms with Crippen LogP contribution in [0.2, 0.25) is 0 Å². The van der Waals surface area contributed by atoms with Crippen LogP contribution in [-0.2, 0) is 11.3 Å². The molecule has 3 rings (SSSR count). The van der Waals surface area contributed by atoms with Gasteiger partial charge in [0.05, 0.1) is 12.2 Å². The van der Waals surface area contributed by atoms with Gasteiger partial charge in [0.15, 0.2) is 4.80 Å². The summed E-state index contributed by atoms with van der Waals surface area (Å²) in [5, 5.41) is 0. The number of aromatic nitrogens is 1. The Balaban J connectivity index is 1.87. The van der Waals surface area contributed by atoms with Gasteiger partial charge < -0.3 is 14.0 Å². The van der Waals surface area contributed by atoms with Crippen LogP contribution in [0.4, 0.5) is 0 Å². The number of nitrogens with zero attached hydrogens (tertiary/aromatic N) is 2. The van der Waals surface area contributed by atoms with Crippen LogP contribution in [0, 0.1) is 12.8 Å². The molecule has 0 radical (unpaired) electrons. The van der Waals surface area contributed by atoms with Crippen LogP contribution in [0.3, 0.4) is 0 Å². The molecule has 5 nitrogen and oxygen atoms in total. The van der Waals surface area contributed by atoms with Gasteiger partial charge in [-0.3, -0.25) is 4.79 Å². The molecule has 0 bridgehead atoms. The van der Waals surface area contributed by atoms with Gasteiger partial charge in [-0.2, -0.15) is 4.99 Å². The predicted octanol–water partition coefficient (Wildman–Crippen LogP) is 3.42. The van der Waals surface area contributed by atoms with Crippen LogP contribution in [0.1, 0.15) is 35.0 Å². The van der Waals surface area contributed by atoms with Crippen molar-refractivity contribution in [3.63, 3.8) is 0 Å². The van der Waals surface area contributed by atoms with Crippen LogP contribution in [0.15, 0.2) is 35.5 Å². The van der Waals surface area contributed by atoms with E-state index in [2.05, 4.69) is 15.8 Å². The lowest BCUT2D eigenvalue weighted by Gasteiger charge is -2.22. The highest BCUT2D eigenvalue weighted by molar-refractivity contribution is 7.09. The standard InChI is InChI=1S/C19H24N2O3S/c1-3-24-17-7-5-4-6-16(17)18(22)20-19-21(12-14(2)25-19)13-15-8-10-23-11-9-15/h4-7,12,15H,3,8-11,13H2,1-2H3. The fourth-order valence-electron chi connectivity index (χ4n) is 3.00. The van der Waals surface area contributed by atoms with E-state index in [-0.39, 0.29) is 5.91 Å². The molecular formula is C19H24N2O3S. The molecule has 1 amide bonds. The van der Waals surface area contributed by atoms with Crippen molar-refractivity contribution >= 4 is 17.2 Å². The van der Waals surface area contributed by atoms with Gasteiger partial charge in [-0.25, -0.2) is 0 Å². The number of carbonyl (C=O) groups is 1. The van der Waals surface area contributed by atoms with Crippen LogP contribution < -0.4 is 9.54 Å². The molecule has 1 fully saturated rings. The first-order valence-corrected chi connectivity index (χ1v) is 9.54. The first kappa shape index (κ1) is 17.9. The maximum absolute atomic E-state index is 12.7. The van der Waals surface area contributed by atoms with Gasteiger partial charge in [-0.05, 0) is 44.7 Å². The third-order valence-electron chi connectivity index (χ3n) is 4.25. The van der Waals surface area contributed by atoms with E-state index < -0.39 is 0 Å². The van der Waals surface area contributed by atoms with E-state index in [1.54, 1.807) is 17.4 Å². The first-order chi connectivity index (χ1) is 12.2. The number of rotatable bonds is 5. The molecule has 1 aromatic heterocycles. The highest BCUT2D eigenvalue weighted by Gasteiger charge is 2.16. The van der Waals surface area contributed by atoms with E-state index in [1.807, 2.05) is 32.0 Å². The summed E-state index contributed by atoms with van der Waals surface area (Å²) >= 11 is 1.55. The summed E-state index contributed by atoms with van der Waals surface area (Å²) in [6, 6.07) is 7.27. The van der Waals surface area contributed by atoms with Gasteiger partial charge in [-0.1, -0.05) is 12.1 Å². The zero-order valence-corrected chi connectivity index (χ0v) is 15.6. The molecule has 0 spiro atoms. The van der Waals surface area contributed by atoms with Gasteiger partial charge >= 0.3 is 0 Å². The monoisotopic (exact) mass is 360 g/mol. The lowest BCUT2D eigenvalue weighted by Crippen LogP contribution is -2.25. The Kier molecular flexibility index (Phi) is 6.04. The fourth-order valence-corrected chi connectivity index (χ4v) is 3.84. The maximum atomic E-state index is 12.7. The third kappa shape index (κ3) is 4.58. The number of amides is 1. The number of aryl methyl sites for hydroxylation is 1. The van der Waals surface area contributed by atoms with E-state index in [0.717, 1.165) is 42.3 Å². The Hall–Kier alpha value is -1.92. The van der Waals surface area contributed by atoms with Gasteiger partial charge in [-0.15, -0.1) is 11.3 Å². The molecule has 1 aromatic carbocycles. The van der Waals surface area contributed by atoms with Crippen molar-refractivity contribution < 1.29 is 14.3 Å². The van der Waals surface area contributed by atoms with Crippen LogP contribution in [0.5, 0.6) is 5.75 Å². The van der Waals surface area contributed by atoms with Gasteiger partial charge in [0.25, 0.3) is 5.91 Å². The summed E-state index contributed by atoms with van der Waals surface area (Å²) in [5.41, 5.74) is 0.507. The van der Waals surface area contributed by atoms with Gasteiger partial charge in [0, 0.05) is 30.8 Å². The topological polar surface area (TPSA) is 52.8 Å². The van der Waals surface area contributed by atoms with E-state index in [0.29, 0.717) is 23.8 Å². The second-order valence-electron chi connectivity index (χ2n) is 6.18. The lowest BCUT2D eigenvalue weighted by molar-refractivity contribution is 0.0610. The van der Waals surface area contributed by atoms with Crippen molar-refractivity contribution in [1.82, 2.24) is 4.57 Å². The van der Waals surface area contributed by atoms with Crippen molar-refractivity contribution in [2.75, 3.05) is 19.8 Å². The predicted molar refractivity (Wildman–Crippen MR) is 98.1 cm³/mol. The smallest absolute Gasteiger partial charge is 0.283 e. The molecule has 1 aliphatic heterocycles. The molecule has 1 aliphatic rings. The molecule has 0 saturated carbocycles. The minimum atomic E-state index is -0.258. The number of thiazole rings is 1. The number of para-hydroxylation sites is 1. The summed E-state index contributed by atoms with van der Waals surface area (Å²) < 4.78 is 13.1. The van der Waals surface area contributed by atoms with E-state index >= 15 is 0 Å². The Labute approximate surface area is 151 Å². The van der Waals surface area contributed by atoms with Crippen molar-refractivity contribution in [2.45, 2.75) is 33.2 Å². The minimum absolute atomic E-state index is 0.258. The van der Waals surface area contributed by atoms with Gasteiger partial charge in [0.2, 0.25) is 0 Å². The highest BCUT2D eigenvalue weighted by atomic mass is 32.1. The third-order valence-corrected chi connectivity index (χ3v) is 5.18. The molecule has 0 aliphatic carbocycles. The molecule has 6 heteroatoms. The number of hydrogen-bond donors (Lipinski definition) is 0. The molecule has 1 saturated heterocycles. The van der Waals surface area contributed by atoms with Crippen LogP contribution in [0.25, 0.3) is 0 Å². The second kappa shape index (κ2) is 8.45. The lowest BCUT2D eigenvalue weighted by atomic mass is 10.0. The molecule has 2 heterocycles. The number of hydrogen-bond acceptors (Lipinski definition) is 4. The summed E-state index contributed by atoms with van der Waals surface area (Å²) in [5.74, 6) is 0.905. The molecule has 25 heavy (non-hydrogen) atoms. The number of carbonyl (C=O) groups excluding carboxylic acids is 1. The van der Waals surface area contributed by atoms with Gasteiger partial charge in [0.1, 0.15) is 5.75 Å². The number of ether oxygens (including phenoxy) is 2. The average molecular weight is 360 g/mol. The van der Waals surface area contributed by atoms with Crippen molar-refractivity contribution in [2.24, 2.45) is 10.9 Å². The normalized spacial score (nSPS) is 16.2. The minimum Gasteiger partial charge on any atom is -0.493 e. The molecule has 0 unspecified atom stereocenters. The Bertz CT molecular complexity index is 788. The summed E-state index contributed by atoms with van der Waals surface area (Å²) in [7, 11) is 0. The maximum Gasteiger partial charge on any atom is 0.283 e. The van der Waals surface area contributed by atoms with E-state index in [4.69, 9.17) is 9.47 Å². The van der Waals surface area contributed by atoms with Crippen LogP contribution >= 0.6 is 11.3 Å². The second-order valence-corrected chi connectivity index (χ2v) is 7.39. The molecule has 2 aromatic rings. The Morgan fingerprint density at radius 1 is 1.36 bits per heavy atom. The molecular weight excluding hydrogens is 336 g/mol. The van der Waals surface area contributed by atoms with Crippen LogP contribution in [-0.4, -0.2) is 30.3 Å². The zero-order valence-electron chi connectivity index (χ0n) is 14.7. The first-order valence-electron chi connectivity index (χ1n) is 8.73. The quantitative estimate of drug-likeness (QED) is 0.821. The summed E-state index contributed by atoms with van der Waals surface area (Å²) in [4.78, 5) is 19.0. The molecule has 134 valence electrons. The van der Waals surface area contributed by atoms with Crippen molar-refractivity contribution in [1.29, 1.82) is 0 Å². The highest BCUT2D eigenvalue weighted by Crippen LogP contribution is 2.20. The zero-order chi connectivity index (χ0) is 17.6. The van der Waals surface area contributed by atoms with Crippen molar-refractivity contribution in [3.05, 3.63) is 45.7 Å². The number of benzene rings is 1.